The van der Waals surface area contributed by atoms with E-state index in [-0.39, 0.29) is 47.9 Å². The number of pyridine rings is 2. The molecule has 0 aliphatic carbocycles. The number of nitrogens with one attached hydrogen (secondary N) is 1. The van der Waals surface area contributed by atoms with Gasteiger partial charge in [-0.25, -0.2) is 31.9 Å². The highest BCUT2D eigenvalue weighted by atomic mass is 32.1. The molecule has 20 aromatic rings. The first-order valence-electron chi connectivity index (χ1n) is 48.9. The number of rotatable bonds is 33. The fourth-order valence-corrected chi connectivity index (χ4v) is 19.8. The predicted octanol–water partition coefficient (Wildman–Crippen LogP) is 20.0. The number of halogens is 5. The molecule has 149 heavy (non-hydrogen) atoms. The quantitative estimate of drug-likeness (QED) is 0.0322. The van der Waals surface area contributed by atoms with Crippen LogP contribution in [0.1, 0.15) is 101 Å². The first-order valence-corrected chi connectivity index (χ1v) is 50.7. The van der Waals surface area contributed by atoms with Crippen molar-refractivity contribution in [3.8, 4) is 84.4 Å². The number of para-hydroxylation sites is 1. The minimum Gasteiger partial charge on any atom is -0.493 e. The number of thiazole rings is 2. The molecule has 0 saturated heterocycles. The average molecular weight is 2060 g/mol. The number of H-pyrrole nitrogens is 1. The Morgan fingerprint density at radius 2 is 0.745 bits per heavy atom. The molecule has 774 valence electrons. The highest BCUT2D eigenvalue weighted by Crippen LogP contribution is 2.41. The molecule has 0 unspecified atom stereocenters. The van der Waals surface area contributed by atoms with Crippen LogP contribution >= 0.6 is 22.7 Å². The Labute approximate surface area is 869 Å². The van der Waals surface area contributed by atoms with E-state index in [1.165, 1.54) is 63.8 Å². The van der Waals surface area contributed by atoms with Gasteiger partial charge in [0.05, 0.1) is 119 Å². The van der Waals surface area contributed by atoms with Gasteiger partial charge in [-0.3, -0.25) is 37.3 Å². The van der Waals surface area contributed by atoms with Gasteiger partial charge in [-0.15, -0.1) is 43.1 Å². The zero-order valence-electron chi connectivity index (χ0n) is 87.3. The van der Waals surface area contributed by atoms with Gasteiger partial charge >= 0.3 is 0 Å². The van der Waals surface area contributed by atoms with Crippen LogP contribution in [-0.4, -0.2) is 188 Å². The summed E-state index contributed by atoms with van der Waals surface area (Å²) in [6.45, 7) is 21.1. The van der Waals surface area contributed by atoms with Crippen molar-refractivity contribution in [2.24, 2.45) is 46.7 Å². The molecule has 5 N–H and O–H groups in total. The molecule has 0 radical (unpaired) electrons. The first kappa shape index (κ1) is 107. The number of nitrogens with zero attached hydrogens (tertiary/aromatic N) is 22. The maximum absolute atomic E-state index is 14.8. The van der Waals surface area contributed by atoms with Gasteiger partial charge in [-0.1, -0.05) is 30.3 Å². The molecular weight excluding hydrogens is 1930 g/mol. The van der Waals surface area contributed by atoms with Crippen LogP contribution in [0.3, 0.4) is 0 Å². The third-order valence-corrected chi connectivity index (χ3v) is 28.1. The van der Waals surface area contributed by atoms with Crippen molar-refractivity contribution in [3.63, 3.8) is 0 Å². The van der Waals surface area contributed by atoms with Crippen LogP contribution < -0.4 is 35.2 Å². The van der Waals surface area contributed by atoms with Gasteiger partial charge in [-0.05, 0) is 252 Å². The number of fused-ring (bicyclic) bond motifs is 5. The highest BCUT2D eigenvalue weighted by Gasteiger charge is 2.24. The molecule has 8 aromatic carbocycles. The largest absolute Gasteiger partial charge is 0.493 e. The van der Waals surface area contributed by atoms with Crippen molar-refractivity contribution in [1.29, 1.82) is 0 Å². The summed E-state index contributed by atoms with van der Waals surface area (Å²) >= 11 is 3.22. The van der Waals surface area contributed by atoms with Crippen molar-refractivity contribution in [1.82, 2.24) is 113 Å². The van der Waals surface area contributed by atoms with E-state index in [0.29, 0.717) is 91.8 Å². The van der Waals surface area contributed by atoms with Crippen molar-refractivity contribution < 1.29 is 45.6 Å². The molecule has 0 aliphatic rings. The topological polar surface area (TPSA) is 312 Å². The van der Waals surface area contributed by atoms with E-state index in [2.05, 4.69) is 106 Å². The van der Waals surface area contributed by atoms with E-state index in [0.717, 1.165) is 201 Å². The number of aromatic amines is 1. The van der Waals surface area contributed by atoms with Gasteiger partial charge < -0.3 is 49.9 Å². The van der Waals surface area contributed by atoms with Crippen molar-refractivity contribution in [3.05, 3.63) is 323 Å². The Morgan fingerprint density at radius 1 is 0.356 bits per heavy atom. The number of hydrogen-bond acceptors (Lipinski definition) is 24. The second kappa shape index (κ2) is 47.7. The summed E-state index contributed by atoms with van der Waals surface area (Å²) in [5.74, 6) is 2.18. The molecule has 0 amide bonds. The maximum atomic E-state index is 14.8. The number of nitrogens with two attached hydrogens (primary N) is 2. The van der Waals surface area contributed by atoms with Crippen LogP contribution in [0.2, 0.25) is 0 Å². The molecule has 0 atom stereocenters. The first-order chi connectivity index (χ1) is 71.6. The zero-order chi connectivity index (χ0) is 106. The van der Waals surface area contributed by atoms with Crippen LogP contribution in [0.4, 0.5) is 22.0 Å². The van der Waals surface area contributed by atoms with Crippen molar-refractivity contribution >= 4 is 66.7 Å². The van der Waals surface area contributed by atoms with E-state index in [4.69, 9.17) is 35.2 Å². The van der Waals surface area contributed by atoms with Gasteiger partial charge in [0.1, 0.15) is 46.3 Å². The number of aryl methyl sites for hydroxylation is 10. The third kappa shape index (κ3) is 25.1. The fraction of sp³-hybridized carbons (Fsp3) is 0.304. The Bertz CT molecular complexity index is 8030. The number of aromatic nitrogens is 20. The summed E-state index contributed by atoms with van der Waals surface area (Å²) in [4.78, 5) is 17.1. The lowest BCUT2D eigenvalue weighted by Gasteiger charge is -2.13. The zero-order valence-corrected chi connectivity index (χ0v) is 89.0. The highest BCUT2D eigenvalue weighted by molar-refractivity contribution is 7.10. The molecule has 37 heteroatoms. The van der Waals surface area contributed by atoms with E-state index >= 15 is 0 Å². The summed E-state index contributed by atoms with van der Waals surface area (Å²) in [7, 11) is 21.8. The SMILES string of the molecule is Cc1ncsc1CCOc1cc(F)ccc1-c1ccc2n[nH]c(CN(C)C)c2c1.Cc1ncsc1CCOc1cc(F)ccc1-c1ccc2nnc(CN)n2c1.Cc1nn(C)c(C)c1CCOc1c(F)cccc1-c1ccc2c(c1)c(CN(C)C)nn2C.Cc1nn(C)c(C)c1CCOc1cc(F)ccc1-c1ccc2nnc(CN)n2c1.Cc1nn(C)c(C)c1CCOc1ccc(F)cc1-c1ccc2c(c1)c(CN(C)C)nn2C. The fourth-order valence-electron chi connectivity index (χ4n) is 18.2. The molecule has 0 saturated carbocycles. The lowest BCUT2D eigenvalue weighted by atomic mass is 10.0. The smallest absolute Gasteiger partial charge is 0.165 e. The van der Waals surface area contributed by atoms with Crippen LogP contribution in [0.15, 0.2) is 193 Å². The molecule has 12 aromatic heterocycles. The van der Waals surface area contributed by atoms with Gasteiger partial charge in [-0.2, -0.15) is 30.6 Å². The Kier molecular flexibility index (Phi) is 34.1. The van der Waals surface area contributed by atoms with Crippen LogP contribution in [0.25, 0.3) is 99.6 Å². The van der Waals surface area contributed by atoms with Gasteiger partial charge in [0.15, 0.2) is 34.5 Å². The number of hydrogen-bond donors (Lipinski definition) is 3. The van der Waals surface area contributed by atoms with Gasteiger partial charge in [0.2, 0.25) is 0 Å². The second-order valence-corrected chi connectivity index (χ2v) is 39.3. The third-order valence-electron chi connectivity index (χ3n) is 26.2. The lowest BCUT2D eigenvalue weighted by molar-refractivity contribution is 0.306. The number of benzene rings is 8. The minimum absolute atomic E-state index is 0.279. The van der Waals surface area contributed by atoms with E-state index in [9.17, 15) is 22.0 Å². The van der Waals surface area contributed by atoms with Gasteiger partial charge in [0, 0.05) is 200 Å². The summed E-state index contributed by atoms with van der Waals surface area (Å²) < 4.78 is 114. The van der Waals surface area contributed by atoms with Crippen LogP contribution in [-0.2, 0) is 100 Å². The molecule has 0 fully saturated rings. The summed E-state index contributed by atoms with van der Waals surface area (Å²) in [5.41, 5.74) is 43.0. The molecule has 0 bridgehead atoms. The standard InChI is InChI=1S/2C25H30FN5O.C22H23FN4OS.C21H23FN6O.C19H18FN5OS/c1-16-20(17(2)30(5)27-16)11-12-32-25-10-8-19(26)14-21(25)18-7-9-24-22(13-18)23(15-29(3)4)28-31(24)6;1-16-19(17(2)30(5)27-16)12-13-32-25-20(8-7-9-22(25)26)18-10-11-24-21(14-18)23(15-29(3)4)28-31(24)6;1-14-22(29-13-24-14)8-9-28-21-11-16(23)5-6-17(21)15-4-7-19-18(10-15)20(26-25-19)12-27(2)3;1-13-17(14(2)27(3)26-13)8-9-29-19-10-16(22)5-6-18(19)15-4-7-20-24-25-21(11-23)28(20)12-15;1-12-17(27-11-22-12)6-7-26-16-8-14(20)3-4-15(16)13-2-5-18-23-24-19(9-21)25(18)10-13/h7-10,13-14H,11-12,15H2,1-6H3;7-11,14H,12-13,15H2,1-6H3;4-7,10-11,13H,8-9,12H2,1-3H3,(H,25,26);4-7,10,12H,8-9,11,23H2,1-3H3;2-5,8,10-11H,6-7,9,21H2,1H3. The molecule has 20 rings (SSSR count). The molecular formula is C112H124F5N25O5S2. The molecule has 12 heterocycles. The summed E-state index contributed by atoms with van der Waals surface area (Å²) in [5, 5.41) is 49.7. The molecule has 0 aliphatic heterocycles. The van der Waals surface area contributed by atoms with E-state index in [1.54, 1.807) is 59.1 Å². The predicted molar refractivity (Wildman–Crippen MR) is 576 cm³/mol. The monoisotopic (exact) mass is 2060 g/mol. The van der Waals surface area contributed by atoms with Gasteiger partial charge in [0.25, 0.3) is 0 Å². The van der Waals surface area contributed by atoms with Crippen molar-refractivity contribution in [2.45, 2.75) is 120 Å². The summed E-state index contributed by atoms with van der Waals surface area (Å²) in [6, 6.07) is 49.4. The Morgan fingerprint density at radius 3 is 1.17 bits per heavy atom. The lowest BCUT2D eigenvalue weighted by Crippen LogP contribution is -2.11. The maximum Gasteiger partial charge on any atom is 0.165 e. The summed E-state index contributed by atoms with van der Waals surface area (Å²) in [6.07, 6.45) is 7.39. The van der Waals surface area contributed by atoms with Crippen LogP contribution in [0.5, 0.6) is 28.7 Å². The normalized spacial score (nSPS) is 11.5. The van der Waals surface area contributed by atoms with E-state index < -0.39 is 0 Å². The molecule has 30 nitrogen and oxygen atoms in total. The number of ether oxygens (including phenoxy) is 5. The Hall–Kier alpha value is -15.3. The minimum atomic E-state index is -0.359. The van der Waals surface area contributed by atoms with Crippen LogP contribution in [0, 0.1) is 84.5 Å². The second-order valence-electron chi connectivity index (χ2n) is 37.4. The van der Waals surface area contributed by atoms with Crippen molar-refractivity contribution in [2.75, 3.05) is 75.3 Å². The Balaban J connectivity index is 0.000000133. The average Bonchev–Trinajstić information content (AvgIpc) is 1.71. The van der Waals surface area contributed by atoms with E-state index in [1.807, 2.05) is 248 Å². The molecule has 0 spiro atoms.